The molecule has 2 amide bonds. The SMILES string of the molecule is CCSc1ccc(-c2nn(-c3ccccc3)cc2/C=C2/C(=O)N(Cc3cccnc3)C(=O)C(C#N)=C2C)cc1. The van der Waals surface area contributed by atoms with Gasteiger partial charge in [-0.3, -0.25) is 19.5 Å². The van der Waals surface area contributed by atoms with Gasteiger partial charge in [-0.2, -0.15) is 10.4 Å². The minimum atomic E-state index is -0.606. The maximum Gasteiger partial charge on any atom is 0.271 e. The molecule has 8 heteroatoms. The summed E-state index contributed by atoms with van der Waals surface area (Å²) in [5.74, 6) is -0.0959. The number of pyridine rings is 1. The monoisotopic (exact) mass is 531 g/mol. The highest BCUT2D eigenvalue weighted by molar-refractivity contribution is 7.99. The fourth-order valence-corrected chi connectivity index (χ4v) is 5.07. The number of benzene rings is 2. The van der Waals surface area contributed by atoms with E-state index in [9.17, 15) is 14.9 Å². The third-order valence-electron chi connectivity index (χ3n) is 6.39. The molecule has 0 aliphatic carbocycles. The molecule has 0 N–H and O–H groups in total. The molecule has 0 atom stereocenters. The average Bonchev–Trinajstić information content (AvgIpc) is 3.39. The molecule has 4 aromatic rings. The van der Waals surface area contributed by atoms with Gasteiger partial charge in [0.1, 0.15) is 11.6 Å². The number of hydrogen-bond acceptors (Lipinski definition) is 6. The topological polar surface area (TPSA) is 91.9 Å². The first-order valence-electron chi connectivity index (χ1n) is 12.5. The fraction of sp³-hybridized carbons (Fsp3) is 0.129. The Morgan fingerprint density at radius 3 is 2.44 bits per heavy atom. The van der Waals surface area contributed by atoms with Crippen LogP contribution in [0.2, 0.25) is 0 Å². The van der Waals surface area contributed by atoms with Crippen molar-refractivity contribution in [2.75, 3.05) is 5.75 Å². The van der Waals surface area contributed by atoms with Gasteiger partial charge in [-0.1, -0.05) is 43.3 Å². The van der Waals surface area contributed by atoms with E-state index in [0.717, 1.165) is 26.8 Å². The van der Waals surface area contributed by atoms with Crippen LogP contribution in [-0.4, -0.2) is 37.2 Å². The second kappa shape index (κ2) is 11.3. The van der Waals surface area contributed by atoms with Gasteiger partial charge in [-0.15, -0.1) is 11.8 Å². The predicted octanol–water partition coefficient (Wildman–Crippen LogP) is 5.84. The minimum absolute atomic E-state index is 0.0218. The van der Waals surface area contributed by atoms with Crippen LogP contribution in [-0.2, 0) is 16.1 Å². The summed E-state index contributed by atoms with van der Waals surface area (Å²) >= 11 is 1.76. The molecule has 0 unspecified atom stereocenters. The summed E-state index contributed by atoms with van der Waals surface area (Å²) in [7, 11) is 0. The van der Waals surface area contributed by atoms with Gasteiger partial charge in [-0.05, 0) is 60.2 Å². The molecule has 0 fully saturated rings. The summed E-state index contributed by atoms with van der Waals surface area (Å²) in [4.78, 5) is 33.1. The number of thioether (sulfide) groups is 1. The number of nitriles is 1. The zero-order valence-corrected chi connectivity index (χ0v) is 22.4. The van der Waals surface area contributed by atoms with Crippen molar-refractivity contribution >= 4 is 29.7 Å². The standard InChI is InChI=1S/C31H25N5O2S/c1-3-39-26-13-11-23(12-14-26)29-24(20-36(34-29)25-9-5-4-6-10-25)16-27-21(2)28(17-32)31(38)35(30(27)37)19-22-8-7-15-33-18-22/h4-16,18,20H,3,19H2,1-2H3/b27-16+. The first-order chi connectivity index (χ1) is 19.0. The van der Waals surface area contributed by atoms with Crippen molar-refractivity contribution in [1.82, 2.24) is 19.7 Å². The number of carbonyl (C=O) groups is 2. The van der Waals surface area contributed by atoms with Crippen molar-refractivity contribution in [1.29, 1.82) is 5.26 Å². The van der Waals surface area contributed by atoms with Crippen LogP contribution in [0, 0.1) is 11.3 Å². The van der Waals surface area contributed by atoms with E-state index in [1.54, 1.807) is 54.0 Å². The smallest absolute Gasteiger partial charge is 0.269 e. The maximum atomic E-state index is 13.7. The van der Waals surface area contributed by atoms with Crippen molar-refractivity contribution in [3.05, 3.63) is 113 Å². The van der Waals surface area contributed by atoms with Crippen LogP contribution >= 0.6 is 11.8 Å². The lowest BCUT2D eigenvalue weighted by Crippen LogP contribution is -2.42. The quantitative estimate of drug-likeness (QED) is 0.169. The Hall–Kier alpha value is -4.74. The molecule has 192 valence electrons. The third kappa shape index (κ3) is 5.31. The normalized spacial score (nSPS) is 14.7. The largest absolute Gasteiger partial charge is 0.271 e. The molecular formula is C31H25N5O2S. The lowest BCUT2D eigenvalue weighted by molar-refractivity contribution is -0.141. The van der Waals surface area contributed by atoms with Crippen molar-refractivity contribution in [3.8, 4) is 23.0 Å². The predicted molar refractivity (Wildman–Crippen MR) is 151 cm³/mol. The van der Waals surface area contributed by atoms with Gasteiger partial charge in [0, 0.05) is 40.2 Å². The number of aromatic nitrogens is 3. The number of para-hydroxylation sites is 1. The summed E-state index contributed by atoms with van der Waals surface area (Å²) in [6.45, 7) is 3.77. The molecular weight excluding hydrogens is 506 g/mol. The molecule has 39 heavy (non-hydrogen) atoms. The average molecular weight is 532 g/mol. The van der Waals surface area contributed by atoms with E-state index in [2.05, 4.69) is 24.0 Å². The van der Waals surface area contributed by atoms with Crippen LogP contribution < -0.4 is 0 Å². The Morgan fingerprint density at radius 1 is 1.00 bits per heavy atom. The summed E-state index contributed by atoms with van der Waals surface area (Å²) in [5, 5.41) is 14.7. The molecule has 1 aliphatic heterocycles. The zero-order chi connectivity index (χ0) is 27.4. The van der Waals surface area contributed by atoms with E-state index < -0.39 is 11.8 Å². The van der Waals surface area contributed by atoms with Gasteiger partial charge in [0.05, 0.1) is 17.9 Å². The number of amides is 2. The van der Waals surface area contributed by atoms with Crippen molar-refractivity contribution in [2.45, 2.75) is 25.3 Å². The lowest BCUT2D eigenvalue weighted by atomic mass is 9.93. The first-order valence-corrected chi connectivity index (χ1v) is 13.4. The Balaban J connectivity index is 1.63. The van der Waals surface area contributed by atoms with Crippen molar-refractivity contribution in [3.63, 3.8) is 0 Å². The summed E-state index contributed by atoms with van der Waals surface area (Å²) in [6, 6.07) is 23.4. The Labute approximate surface area is 231 Å². The van der Waals surface area contributed by atoms with Crippen LogP contribution in [0.15, 0.2) is 107 Å². The third-order valence-corrected chi connectivity index (χ3v) is 7.28. The van der Waals surface area contributed by atoms with Gasteiger partial charge >= 0.3 is 0 Å². The van der Waals surface area contributed by atoms with Gasteiger partial charge in [-0.25, -0.2) is 4.68 Å². The zero-order valence-electron chi connectivity index (χ0n) is 21.5. The number of nitrogens with zero attached hydrogens (tertiary/aromatic N) is 5. The number of imide groups is 1. The highest BCUT2D eigenvalue weighted by atomic mass is 32.2. The Bertz CT molecular complexity index is 1630. The molecule has 2 aromatic carbocycles. The van der Waals surface area contributed by atoms with E-state index >= 15 is 0 Å². The molecule has 0 saturated heterocycles. The van der Waals surface area contributed by atoms with Crippen LogP contribution in [0.3, 0.4) is 0 Å². The van der Waals surface area contributed by atoms with E-state index in [1.807, 2.05) is 54.7 Å². The van der Waals surface area contributed by atoms with E-state index in [1.165, 1.54) is 0 Å². The van der Waals surface area contributed by atoms with E-state index in [0.29, 0.717) is 22.4 Å². The van der Waals surface area contributed by atoms with Crippen LogP contribution in [0.25, 0.3) is 23.0 Å². The Kier molecular flexibility index (Phi) is 7.53. The summed E-state index contributed by atoms with van der Waals surface area (Å²) in [6.07, 6.45) is 6.82. The number of hydrogen-bond donors (Lipinski definition) is 0. The lowest BCUT2D eigenvalue weighted by Gasteiger charge is -2.27. The van der Waals surface area contributed by atoms with E-state index in [-0.39, 0.29) is 17.7 Å². The van der Waals surface area contributed by atoms with Gasteiger partial charge in [0.2, 0.25) is 0 Å². The molecule has 3 heterocycles. The van der Waals surface area contributed by atoms with Crippen molar-refractivity contribution in [2.24, 2.45) is 0 Å². The first kappa shape index (κ1) is 25.9. The maximum absolute atomic E-state index is 13.7. The van der Waals surface area contributed by atoms with Crippen LogP contribution in [0.5, 0.6) is 0 Å². The molecule has 7 nitrogen and oxygen atoms in total. The fourth-order valence-electron chi connectivity index (χ4n) is 4.41. The molecule has 0 spiro atoms. The van der Waals surface area contributed by atoms with Crippen molar-refractivity contribution < 1.29 is 9.59 Å². The van der Waals surface area contributed by atoms with Crippen LogP contribution in [0.4, 0.5) is 0 Å². The molecule has 0 saturated carbocycles. The summed E-state index contributed by atoms with van der Waals surface area (Å²) in [5.41, 5.74) is 4.42. The van der Waals surface area contributed by atoms with E-state index in [4.69, 9.17) is 5.10 Å². The van der Waals surface area contributed by atoms with Gasteiger partial charge in [0.15, 0.2) is 0 Å². The highest BCUT2D eigenvalue weighted by Crippen LogP contribution is 2.32. The molecule has 2 aromatic heterocycles. The number of rotatable bonds is 7. The van der Waals surface area contributed by atoms with Gasteiger partial charge in [0.25, 0.3) is 11.8 Å². The molecule has 5 rings (SSSR count). The van der Waals surface area contributed by atoms with Crippen LogP contribution in [0.1, 0.15) is 25.0 Å². The second-order valence-electron chi connectivity index (χ2n) is 8.90. The number of carbonyl (C=O) groups excluding carboxylic acids is 2. The Morgan fingerprint density at radius 2 is 1.77 bits per heavy atom. The van der Waals surface area contributed by atoms with Gasteiger partial charge < -0.3 is 0 Å². The molecule has 1 aliphatic rings. The molecule has 0 bridgehead atoms. The second-order valence-corrected chi connectivity index (χ2v) is 10.2. The molecule has 0 radical (unpaired) electrons. The highest BCUT2D eigenvalue weighted by Gasteiger charge is 2.35. The minimum Gasteiger partial charge on any atom is -0.269 e. The summed E-state index contributed by atoms with van der Waals surface area (Å²) < 4.78 is 1.77.